The third-order valence-electron chi connectivity index (χ3n) is 2.67. The highest BCUT2D eigenvalue weighted by molar-refractivity contribution is 9.10. The Hall–Kier alpha value is -1.53. The van der Waals surface area contributed by atoms with E-state index in [-0.39, 0.29) is 11.2 Å². The topological polar surface area (TPSA) is 54.6 Å². The summed E-state index contributed by atoms with van der Waals surface area (Å²) in [4.78, 5) is 13.0. The Morgan fingerprint density at radius 1 is 1.43 bits per heavy atom. The van der Waals surface area contributed by atoms with Crippen molar-refractivity contribution >= 4 is 39.8 Å². The van der Waals surface area contributed by atoms with Crippen molar-refractivity contribution in [2.24, 2.45) is 5.10 Å². The monoisotopic (exact) mass is 366 g/mol. The van der Waals surface area contributed by atoms with Gasteiger partial charge in [-0.2, -0.15) is 5.10 Å². The molecule has 0 radical (unpaired) electrons. The van der Waals surface area contributed by atoms with Crippen LogP contribution in [-0.2, 0) is 4.79 Å². The van der Waals surface area contributed by atoms with Crippen LogP contribution in [0.25, 0.3) is 0 Å². The van der Waals surface area contributed by atoms with E-state index in [1.165, 1.54) is 18.0 Å². The van der Waals surface area contributed by atoms with Crippen molar-refractivity contribution in [2.75, 3.05) is 0 Å². The number of halogens is 1. The molecular formula is C15H15BrN2O2S. The van der Waals surface area contributed by atoms with Crippen molar-refractivity contribution < 1.29 is 9.21 Å². The van der Waals surface area contributed by atoms with Crippen LogP contribution in [0.2, 0.25) is 0 Å². The predicted octanol–water partition coefficient (Wildman–Crippen LogP) is 3.98. The first-order valence-corrected chi connectivity index (χ1v) is 8.04. The Morgan fingerprint density at radius 3 is 2.76 bits per heavy atom. The van der Waals surface area contributed by atoms with Crippen LogP contribution in [0.15, 0.2) is 55.3 Å². The summed E-state index contributed by atoms with van der Waals surface area (Å²) in [5.41, 5.74) is 2.51. The fraction of sp³-hybridized carbons (Fsp3) is 0.200. The molecule has 1 heterocycles. The molecule has 1 atom stereocenters. The van der Waals surface area contributed by atoms with Crippen molar-refractivity contribution in [3.63, 3.8) is 0 Å². The van der Waals surface area contributed by atoms with E-state index in [0.29, 0.717) is 5.76 Å². The lowest BCUT2D eigenvalue weighted by molar-refractivity contribution is -0.120. The smallest absolute Gasteiger partial charge is 0.253 e. The first-order chi connectivity index (χ1) is 10.1. The summed E-state index contributed by atoms with van der Waals surface area (Å²) in [6.45, 7) is 3.69. The predicted molar refractivity (Wildman–Crippen MR) is 88.6 cm³/mol. The van der Waals surface area contributed by atoms with Crippen molar-refractivity contribution in [3.05, 3.63) is 52.4 Å². The summed E-state index contributed by atoms with van der Waals surface area (Å²) < 4.78 is 6.28. The lowest BCUT2D eigenvalue weighted by atomic mass is 10.4. The lowest BCUT2D eigenvalue weighted by Crippen LogP contribution is -2.26. The second-order valence-corrected chi connectivity index (χ2v) is 6.63. The summed E-state index contributed by atoms with van der Waals surface area (Å²) in [5.74, 6) is 1.21. The average molecular weight is 367 g/mol. The molecule has 0 aliphatic heterocycles. The number of nitrogens with zero attached hydrogens (tertiary/aromatic N) is 1. The summed E-state index contributed by atoms with van der Waals surface area (Å²) in [6, 6.07) is 11.6. The number of benzene rings is 1. The van der Waals surface area contributed by atoms with Crippen molar-refractivity contribution in [3.8, 4) is 0 Å². The Morgan fingerprint density at radius 2 is 2.14 bits per heavy atom. The zero-order chi connectivity index (χ0) is 15.2. The number of hydrogen-bond donors (Lipinski definition) is 1. The summed E-state index contributed by atoms with van der Waals surface area (Å²) in [7, 11) is 0. The van der Waals surface area contributed by atoms with Gasteiger partial charge >= 0.3 is 0 Å². The number of nitrogens with one attached hydrogen (secondary N) is 1. The van der Waals surface area contributed by atoms with Gasteiger partial charge in [-0.15, -0.1) is 11.8 Å². The molecule has 0 fully saturated rings. The third kappa shape index (κ3) is 4.75. The first kappa shape index (κ1) is 15.9. The summed E-state index contributed by atoms with van der Waals surface area (Å²) in [6.07, 6.45) is 1.48. The van der Waals surface area contributed by atoms with Gasteiger partial charge in [-0.1, -0.05) is 18.2 Å². The molecule has 2 rings (SSSR count). The standard InChI is InChI=1S/C15H15BrN2O2S/c1-10-14(16)8-12(20-10)9-17-18-15(19)11(2)21-13-6-4-3-5-7-13/h3-9,11H,1-2H3,(H,18,19)/b17-9+. The Kier molecular flexibility index (Phi) is 5.64. The Labute approximate surface area is 136 Å². The van der Waals surface area contributed by atoms with Crippen LogP contribution in [0.1, 0.15) is 18.4 Å². The second-order valence-electron chi connectivity index (χ2n) is 4.36. The van der Waals surface area contributed by atoms with Crippen LogP contribution in [0, 0.1) is 6.92 Å². The van der Waals surface area contributed by atoms with E-state index < -0.39 is 0 Å². The zero-order valence-corrected chi connectivity index (χ0v) is 14.1. The number of amides is 1. The van der Waals surface area contributed by atoms with E-state index in [9.17, 15) is 4.79 Å². The van der Waals surface area contributed by atoms with Crippen LogP contribution in [0.4, 0.5) is 0 Å². The number of carbonyl (C=O) groups excluding carboxylic acids is 1. The van der Waals surface area contributed by atoms with Gasteiger partial charge in [-0.05, 0) is 41.9 Å². The molecule has 0 aliphatic rings. The van der Waals surface area contributed by atoms with Gasteiger partial charge in [-0.25, -0.2) is 5.43 Å². The largest absolute Gasteiger partial charge is 0.459 e. The lowest BCUT2D eigenvalue weighted by Gasteiger charge is -2.08. The third-order valence-corrected chi connectivity index (χ3v) is 4.57. The normalized spacial score (nSPS) is 12.5. The van der Waals surface area contributed by atoms with E-state index in [1.807, 2.05) is 44.2 Å². The molecule has 0 saturated heterocycles. The Bertz CT molecular complexity index is 621. The van der Waals surface area contributed by atoms with E-state index in [4.69, 9.17) is 4.42 Å². The number of rotatable bonds is 5. The van der Waals surface area contributed by atoms with Gasteiger partial charge in [0.1, 0.15) is 11.5 Å². The Balaban J connectivity index is 1.86. The van der Waals surface area contributed by atoms with Crippen molar-refractivity contribution in [1.29, 1.82) is 0 Å². The molecule has 1 unspecified atom stereocenters. The highest BCUT2D eigenvalue weighted by atomic mass is 79.9. The quantitative estimate of drug-likeness (QED) is 0.494. The van der Waals surface area contributed by atoms with Gasteiger partial charge in [0.25, 0.3) is 5.91 Å². The van der Waals surface area contributed by atoms with Crippen LogP contribution < -0.4 is 5.43 Å². The van der Waals surface area contributed by atoms with E-state index in [0.717, 1.165) is 15.1 Å². The minimum absolute atomic E-state index is 0.151. The molecule has 0 aliphatic carbocycles. The molecule has 1 amide bonds. The molecule has 2 aromatic rings. The van der Waals surface area contributed by atoms with Crippen molar-refractivity contribution in [2.45, 2.75) is 24.0 Å². The van der Waals surface area contributed by atoms with Crippen LogP contribution >= 0.6 is 27.7 Å². The number of aryl methyl sites for hydroxylation is 1. The summed E-state index contributed by atoms with van der Waals surface area (Å²) >= 11 is 4.84. The average Bonchev–Trinajstić information content (AvgIpc) is 2.78. The number of carbonyl (C=O) groups is 1. The number of thioether (sulfide) groups is 1. The minimum atomic E-state index is -0.227. The first-order valence-electron chi connectivity index (χ1n) is 6.37. The maximum absolute atomic E-state index is 11.9. The SMILES string of the molecule is Cc1oc(/C=N/NC(=O)C(C)Sc2ccccc2)cc1Br. The molecule has 0 spiro atoms. The number of hydrogen-bond acceptors (Lipinski definition) is 4. The fourth-order valence-electron chi connectivity index (χ4n) is 1.55. The van der Waals surface area contributed by atoms with Gasteiger partial charge in [-0.3, -0.25) is 4.79 Å². The molecular weight excluding hydrogens is 352 g/mol. The van der Waals surface area contributed by atoms with Gasteiger partial charge in [0.2, 0.25) is 0 Å². The van der Waals surface area contributed by atoms with Gasteiger partial charge in [0.15, 0.2) is 0 Å². The van der Waals surface area contributed by atoms with E-state index in [2.05, 4.69) is 26.5 Å². The van der Waals surface area contributed by atoms with Gasteiger partial charge in [0.05, 0.1) is 15.9 Å². The second kappa shape index (κ2) is 7.47. The molecule has 110 valence electrons. The molecule has 1 aromatic heterocycles. The van der Waals surface area contributed by atoms with E-state index in [1.54, 1.807) is 6.07 Å². The highest BCUT2D eigenvalue weighted by Gasteiger charge is 2.13. The van der Waals surface area contributed by atoms with E-state index >= 15 is 0 Å². The number of furan rings is 1. The van der Waals surface area contributed by atoms with Gasteiger partial charge in [0, 0.05) is 11.0 Å². The van der Waals surface area contributed by atoms with Crippen LogP contribution in [0.3, 0.4) is 0 Å². The molecule has 0 bridgehead atoms. The van der Waals surface area contributed by atoms with Gasteiger partial charge < -0.3 is 4.42 Å². The molecule has 6 heteroatoms. The molecule has 21 heavy (non-hydrogen) atoms. The molecule has 4 nitrogen and oxygen atoms in total. The highest BCUT2D eigenvalue weighted by Crippen LogP contribution is 2.22. The van der Waals surface area contributed by atoms with Crippen LogP contribution in [-0.4, -0.2) is 17.4 Å². The van der Waals surface area contributed by atoms with Crippen LogP contribution in [0.5, 0.6) is 0 Å². The molecule has 0 saturated carbocycles. The molecule has 1 N–H and O–H groups in total. The maximum atomic E-state index is 11.9. The summed E-state index contributed by atoms with van der Waals surface area (Å²) in [5, 5.41) is 3.68. The zero-order valence-electron chi connectivity index (χ0n) is 11.7. The maximum Gasteiger partial charge on any atom is 0.253 e. The van der Waals surface area contributed by atoms with Crippen molar-refractivity contribution in [1.82, 2.24) is 5.43 Å². The minimum Gasteiger partial charge on any atom is -0.459 e. The fourth-order valence-corrected chi connectivity index (χ4v) is 2.74. The number of hydrazone groups is 1. The molecule has 1 aromatic carbocycles.